The first-order valence-electron chi connectivity index (χ1n) is 15.8. The molecule has 0 aliphatic heterocycles. The van der Waals surface area contributed by atoms with Crippen molar-refractivity contribution in [2.24, 2.45) is 0 Å². The van der Waals surface area contributed by atoms with Gasteiger partial charge in [0.15, 0.2) is 8.07 Å². The maximum absolute atomic E-state index is 5.23. The van der Waals surface area contributed by atoms with Crippen LogP contribution in [-0.2, 0) is 0 Å². The number of hydrogen-bond donors (Lipinski definition) is 0. The maximum atomic E-state index is 5.23. The molecule has 7 aromatic carbocycles. The molecular weight excluding hydrogens is 573 g/mol. The van der Waals surface area contributed by atoms with Crippen LogP contribution in [0.25, 0.3) is 49.5 Å². The van der Waals surface area contributed by atoms with Gasteiger partial charge in [0.05, 0.1) is 16.6 Å². The predicted octanol–water partition coefficient (Wildman–Crippen LogP) is 7.84. The number of imidazole rings is 1. The van der Waals surface area contributed by atoms with E-state index in [0.29, 0.717) is 0 Å². The molecule has 0 aliphatic rings. The van der Waals surface area contributed by atoms with Crippen molar-refractivity contribution in [2.75, 3.05) is 0 Å². The summed E-state index contributed by atoms with van der Waals surface area (Å²) in [5, 5.41) is 9.16. The molecule has 0 aliphatic carbocycles. The van der Waals surface area contributed by atoms with Crippen LogP contribution in [0.5, 0.6) is 0 Å². The zero-order valence-corrected chi connectivity index (χ0v) is 26.2. The quantitative estimate of drug-likeness (QED) is 0.111. The first-order valence-corrected chi connectivity index (χ1v) is 17.8. The fraction of sp³-hybridized carbons (Fsp3) is 0. The Kier molecular flexibility index (Phi) is 6.18. The molecule has 9 rings (SSSR count). The Labute approximate surface area is 268 Å². The fourth-order valence-corrected chi connectivity index (χ4v) is 12.2. The first-order chi connectivity index (χ1) is 22.8. The summed E-state index contributed by atoms with van der Waals surface area (Å²) in [6.45, 7) is 0. The van der Waals surface area contributed by atoms with E-state index >= 15 is 0 Å². The van der Waals surface area contributed by atoms with Gasteiger partial charge < -0.3 is 0 Å². The average Bonchev–Trinajstić information content (AvgIpc) is 3.53. The van der Waals surface area contributed by atoms with E-state index in [1.54, 1.807) is 0 Å². The molecule has 0 spiro atoms. The smallest absolute Gasteiger partial charge is 0.179 e. The van der Waals surface area contributed by atoms with Gasteiger partial charge >= 0.3 is 0 Å². The Balaban J connectivity index is 1.22. The van der Waals surface area contributed by atoms with Crippen LogP contribution < -0.4 is 20.7 Å². The van der Waals surface area contributed by atoms with Crippen LogP contribution in [0.15, 0.2) is 182 Å². The van der Waals surface area contributed by atoms with E-state index in [4.69, 9.17) is 4.98 Å². The van der Waals surface area contributed by atoms with Crippen molar-refractivity contribution in [3.8, 4) is 11.1 Å². The van der Waals surface area contributed by atoms with Crippen LogP contribution in [0.1, 0.15) is 0 Å². The lowest BCUT2D eigenvalue weighted by molar-refractivity contribution is 1.31. The number of pyridine rings is 1. The normalized spacial score (nSPS) is 11.9. The van der Waals surface area contributed by atoms with E-state index in [9.17, 15) is 0 Å². The molecule has 9 aromatic rings. The monoisotopic (exact) mass is 602 g/mol. The average molecular weight is 603 g/mol. The molecule has 0 N–H and O–H groups in total. The van der Waals surface area contributed by atoms with Crippen molar-refractivity contribution in [3.05, 3.63) is 182 Å². The number of para-hydroxylation sites is 1. The van der Waals surface area contributed by atoms with Gasteiger partial charge in [0.25, 0.3) is 0 Å². The Morgan fingerprint density at radius 1 is 0.370 bits per heavy atom. The van der Waals surface area contributed by atoms with Crippen LogP contribution in [-0.4, -0.2) is 17.5 Å². The van der Waals surface area contributed by atoms with E-state index in [0.717, 1.165) is 16.7 Å². The molecule has 0 bridgehead atoms. The number of rotatable bonds is 5. The van der Waals surface area contributed by atoms with E-state index in [1.165, 1.54) is 53.5 Å². The van der Waals surface area contributed by atoms with E-state index < -0.39 is 8.07 Å². The number of hydrogen-bond acceptors (Lipinski definition) is 1. The van der Waals surface area contributed by atoms with Crippen LogP contribution in [0.3, 0.4) is 0 Å². The highest BCUT2D eigenvalue weighted by atomic mass is 28.3. The lowest BCUT2D eigenvalue weighted by atomic mass is 10.0. The van der Waals surface area contributed by atoms with Crippen LogP contribution in [0, 0.1) is 0 Å². The van der Waals surface area contributed by atoms with Gasteiger partial charge in [0, 0.05) is 10.8 Å². The van der Waals surface area contributed by atoms with Gasteiger partial charge in [0.1, 0.15) is 5.65 Å². The van der Waals surface area contributed by atoms with Gasteiger partial charge in [-0.3, -0.25) is 4.40 Å². The van der Waals surface area contributed by atoms with Gasteiger partial charge in [0.2, 0.25) is 0 Å². The van der Waals surface area contributed by atoms with E-state index in [1.807, 2.05) is 0 Å². The third kappa shape index (κ3) is 3.99. The van der Waals surface area contributed by atoms with Crippen molar-refractivity contribution < 1.29 is 0 Å². The molecule has 0 unspecified atom stereocenters. The molecule has 2 heterocycles. The fourth-order valence-electron chi connectivity index (χ4n) is 7.47. The van der Waals surface area contributed by atoms with Gasteiger partial charge in [-0.2, -0.15) is 0 Å². The lowest BCUT2D eigenvalue weighted by Crippen LogP contribution is -2.74. The molecule has 46 heavy (non-hydrogen) atoms. The highest BCUT2D eigenvalue weighted by Gasteiger charge is 2.41. The third-order valence-corrected chi connectivity index (χ3v) is 14.3. The van der Waals surface area contributed by atoms with Gasteiger partial charge in [-0.1, -0.05) is 164 Å². The molecule has 3 heteroatoms. The Hall–Kier alpha value is -5.77. The molecule has 0 radical (unpaired) electrons. The largest absolute Gasteiger partial charge is 0.292 e. The lowest BCUT2D eigenvalue weighted by Gasteiger charge is -2.34. The zero-order valence-electron chi connectivity index (χ0n) is 25.2. The number of nitrogens with zero attached hydrogens (tertiary/aromatic N) is 2. The first kappa shape index (κ1) is 26.6. The summed E-state index contributed by atoms with van der Waals surface area (Å²) >= 11 is 0. The van der Waals surface area contributed by atoms with Gasteiger partial charge in [-0.15, -0.1) is 0 Å². The summed E-state index contributed by atoms with van der Waals surface area (Å²) in [6.07, 6.45) is 0. The van der Waals surface area contributed by atoms with Crippen molar-refractivity contribution in [2.45, 2.75) is 0 Å². The molecule has 0 amide bonds. The number of benzene rings is 7. The standard InChI is InChI=1S/C43H30N2Si/c1-4-14-33(15-5-1)46(34-16-6-2-7-17-34,35-18-8-3-9-19-35)36-27-24-31(25-28-36)32-26-29-42-40(30-32)44-43-39-22-11-10-20-37(39)38-21-12-13-23-41(38)45(42)43/h1-30H. The number of fused-ring (bicyclic) bond motifs is 8. The SMILES string of the molecule is c1ccc([Si](c2ccccc2)(c2ccccc2)c2ccc(-c3ccc4c(c3)nc3c5ccccc5c5ccccc5n43)cc2)cc1. The third-order valence-electron chi connectivity index (χ3n) is 9.53. The molecule has 216 valence electrons. The van der Waals surface area contributed by atoms with Gasteiger partial charge in [-0.05, 0) is 55.5 Å². The van der Waals surface area contributed by atoms with Crippen molar-refractivity contribution >= 4 is 67.2 Å². The summed E-state index contributed by atoms with van der Waals surface area (Å²) in [7, 11) is -2.56. The zero-order chi connectivity index (χ0) is 30.5. The summed E-state index contributed by atoms with van der Waals surface area (Å²) in [6, 6.07) is 66.5. The number of aromatic nitrogens is 2. The predicted molar refractivity (Wildman–Crippen MR) is 197 cm³/mol. The van der Waals surface area contributed by atoms with Crippen LogP contribution >= 0.6 is 0 Å². The Morgan fingerprint density at radius 2 is 0.848 bits per heavy atom. The minimum Gasteiger partial charge on any atom is -0.292 e. The Morgan fingerprint density at radius 3 is 1.46 bits per heavy atom. The molecule has 0 saturated carbocycles. The van der Waals surface area contributed by atoms with Crippen molar-refractivity contribution in [3.63, 3.8) is 0 Å². The van der Waals surface area contributed by atoms with E-state index in [2.05, 4.69) is 186 Å². The maximum Gasteiger partial charge on any atom is 0.179 e. The highest BCUT2D eigenvalue weighted by molar-refractivity contribution is 7.19. The van der Waals surface area contributed by atoms with Gasteiger partial charge in [-0.25, -0.2) is 4.98 Å². The molecular formula is C43H30N2Si. The summed E-state index contributed by atoms with van der Waals surface area (Å²) in [4.78, 5) is 5.23. The molecule has 2 nitrogen and oxygen atoms in total. The minimum atomic E-state index is -2.56. The van der Waals surface area contributed by atoms with Crippen molar-refractivity contribution in [1.82, 2.24) is 9.38 Å². The summed E-state index contributed by atoms with van der Waals surface area (Å²) < 4.78 is 2.32. The second kappa shape index (κ2) is 10.7. The summed E-state index contributed by atoms with van der Waals surface area (Å²) in [5.74, 6) is 0. The minimum absolute atomic E-state index is 1.00. The second-order valence-corrected chi connectivity index (χ2v) is 15.8. The van der Waals surface area contributed by atoms with Crippen LogP contribution in [0.4, 0.5) is 0 Å². The topological polar surface area (TPSA) is 17.3 Å². The van der Waals surface area contributed by atoms with Crippen molar-refractivity contribution in [1.29, 1.82) is 0 Å². The van der Waals surface area contributed by atoms with Crippen LogP contribution in [0.2, 0.25) is 0 Å². The molecule has 0 saturated heterocycles. The van der Waals surface area contributed by atoms with E-state index in [-0.39, 0.29) is 0 Å². The molecule has 0 fully saturated rings. The second-order valence-electron chi connectivity index (χ2n) is 12.0. The molecule has 0 atom stereocenters. The molecule has 2 aromatic heterocycles. The summed E-state index contributed by atoms with van der Waals surface area (Å²) in [5.41, 5.74) is 6.67. The highest BCUT2D eigenvalue weighted by Crippen LogP contribution is 2.33. The Bertz CT molecular complexity index is 2410.